The minimum Gasteiger partial charge on any atom is -0.487 e. The summed E-state index contributed by atoms with van der Waals surface area (Å²) >= 11 is 0. The van der Waals surface area contributed by atoms with Crippen LogP contribution in [0.5, 0.6) is 5.75 Å². The minimum absolute atomic E-state index is 0.0189. The van der Waals surface area contributed by atoms with Gasteiger partial charge in [0.2, 0.25) is 12.3 Å². The highest BCUT2D eigenvalue weighted by Gasteiger charge is 2.30. The summed E-state index contributed by atoms with van der Waals surface area (Å²) in [6.45, 7) is 2.25. The van der Waals surface area contributed by atoms with Gasteiger partial charge in [0.05, 0.1) is 11.3 Å². The van der Waals surface area contributed by atoms with E-state index in [2.05, 4.69) is 4.98 Å². The third-order valence-corrected chi connectivity index (χ3v) is 4.05. The molecule has 144 valence electrons. The van der Waals surface area contributed by atoms with E-state index in [-0.39, 0.29) is 17.9 Å². The predicted molar refractivity (Wildman–Crippen MR) is 95.7 cm³/mol. The Bertz CT molecular complexity index is 953. The van der Waals surface area contributed by atoms with Gasteiger partial charge < -0.3 is 4.74 Å². The normalized spacial score (nSPS) is 11.3. The summed E-state index contributed by atoms with van der Waals surface area (Å²) in [6.07, 6.45) is -1.05. The van der Waals surface area contributed by atoms with Crippen LogP contribution >= 0.6 is 0 Å². The first-order chi connectivity index (χ1) is 13.3. The Kier molecular flexibility index (Phi) is 5.73. The zero-order chi connectivity index (χ0) is 20.1. The smallest absolute Gasteiger partial charge is 0.416 e. The molecule has 0 aliphatic rings. The van der Waals surface area contributed by atoms with Gasteiger partial charge in [-0.15, -0.1) is 0 Å². The first kappa shape index (κ1) is 19.5. The molecule has 3 rings (SSSR count). The molecule has 0 saturated heterocycles. The number of ether oxygens (including phenoxy) is 1. The number of aryl methyl sites for hydroxylation is 1. The fourth-order valence-corrected chi connectivity index (χ4v) is 2.58. The van der Waals surface area contributed by atoms with Crippen molar-refractivity contribution in [1.82, 2.24) is 4.98 Å². The monoisotopic (exact) mass is 387 g/mol. The highest BCUT2D eigenvalue weighted by atomic mass is 19.4. The van der Waals surface area contributed by atoms with Crippen LogP contribution in [0.3, 0.4) is 0 Å². The van der Waals surface area contributed by atoms with Crippen LogP contribution in [0.15, 0.2) is 67.0 Å². The summed E-state index contributed by atoms with van der Waals surface area (Å²) in [5, 5.41) is 0. The average Bonchev–Trinajstić information content (AvgIpc) is 2.67. The standard InChI is InChI=1S/C21H18F3N2O2/c1-15-3-2-4-18(25-15)14-28-19-9-11-26(12-10-19)13-20(27)16-5-7-17(8-6-16)21(22,23)24/h2-12H,13-14H2,1H3/q+1. The summed E-state index contributed by atoms with van der Waals surface area (Å²) in [4.78, 5) is 16.6. The molecule has 0 aliphatic heterocycles. The van der Waals surface area contributed by atoms with E-state index in [1.807, 2.05) is 25.1 Å². The first-order valence-electron chi connectivity index (χ1n) is 8.56. The lowest BCUT2D eigenvalue weighted by Gasteiger charge is -2.07. The van der Waals surface area contributed by atoms with Gasteiger partial charge in [-0.1, -0.05) is 18.2 Å². The molecule has 0 amide bonds. The van der Waals surface area contributed by atoms with Gasteiger partial charge in [-0.2, -0.15) is 17.7 Å². The third kappa shape index (κ3) is 5.16. The summed E-state index contributed by atoms with van der Waals surface area (Å²) in [5.74, 6) is 0.345. The summed E-state index contributed by atoms with van der Waals surface area (Å²) in [7, 11) is 0. The lowest BCUT2D eigenvalue weighted by molar-refractivity contribution is -0.683. The molecule has 3 aromatic rings. The molecule has 0 aliphatic carbocycles. The van der Waals surface area contributed by atoms with Crippen molar-refractivity contribution in [2.75, 3.05) is 0 Å². The molecule has 0 unspecified atom stereocenters. The molecule has 0 atom stereocenters. The fourth-order valence-electron chi connectivity index (χ4n) is 2.58. The van der Waals surface area contributed by atoms with Crippen molar-refractivity contribution in [3.05, 3.63) is 89.5 Å². The number of ketones is 1. The van der Waals surface area contributed by atoms with Crippen LogP contribution in [-0.4, -0.2) is 10.8 Å². The van der Waals surface area contributed by atoms with Crippen LogP contribution in [0.25, 0.3) is 0 Å². The maximum absolute atomic E-state index is 12.6. The second-order valence-corrected chi connectivity index (χ2v) is 6.26. The molecular weight excluding hydrogens is 369 g/mol. The molecule has 4 nitrogen and oxygen atoms in total. The van der Waals surface area contributed by atoms with Gasteiger partial charge in [0.1, 0.15) is 12.4 Å². The number of halogens is 3. The largest absolute Gasteiger partial charge is 0.487 e. The van der Waals surface area contributed by atoms with E-state index in [0.717, 1.165) is 23.5 Å². The van der Waals surface area contributed by atoms with Gasteiger partial charge >= 0.3 is 6.18 Å². The van der Waals surface area contributed by atoms with Crippen molar-refractivity contribution < 1.29 is 27.3 Å². The third-order valence-electron chi connectivity index (χ3n) is 4.05. The Balaban J connectivity index is 1.58. The summed E-state index contributed by atoms with van der Waals surface area (Å²) < 4.78 is 45.1. The number of alkyl halides is 3. The van der Waals surface area contributed by atoms with Gasteiger partial charge in [-0.25, -0.2) is 0 Å². The van der Waals surface area contributed by atoms with E-state index in [4.69, 9.17) is 4.74 Å². The Morgan fingerprint density at radius 3 is 2.32 bits per heavy atom. The number of carbonyl (C=O) groups is 1. The molecule has 2 heterocycles. The number of hydrogen-bond acceptors (Lipinski definition) is 3. The van der Waals surface area contributed by atoms with E-state index >= 15 is 0 Å². The van der Waals surface area contributed by atoms with Gasteiger partial charge in [-0.3, -0.25) is 9.78 Å². The van der Waals surface area contributed by atoms with Gasteiger partial charge in [0.25, 0.3) is 0 Å². The molecule has 0 bridgehead atoms. The van der Waals surface area contributed by atoms with Crippen molar-refractivity contribution in [1.29, 1.82) is 0 Å². The predicted octanol–water partition coefficient (Wildman–Crippen LogP) is 4.16. The van der Waals surface area contributed by atoms with Gasteiger partial charge in [0, 0.05) is 23.4 Å². The fraction of sp³-hybridized carbons (Fsp3) is 0.190. The molecule has 2 aromatic heterocycles. The Hall–Kier alpha value is -3.22. The van der Waals surface area contributed by atoms with Gasteiger partial charge in [-0.05, 0) is 31.2 Å². The van der Waals surface area contributed by atoms with Crippen molar-refractivity contribution in [2.45, 2.75) is 26.3 Å². The highest BCUT2D eigenvalue weighted by molar-refractivity contribution is 5.95. The van der Waals surface area contributed by atoms with Crippen LogP contribution in [0.1, 0.15) is 27.3 Å². The number of Topliss-reactive ketones (excluding diaryl/α,β-unsaturated/α-hetero) is 1. The molecular formula is C21H18F3N2O2+. The zero-order valence-corrected chi connectivity index (χ0v) is 15.1. The number of carbonyl (C=O) groups excluding carboxylic acids is 1. The molecule has 28 heavy (non-hydrogen) atoms. The van der Waals surface area contributed by atoms with Gasteiger partial charge in [0.15, 0.2) is 12.4 Å². The summed E-state index contributed by atoms with van der Waals surface area (Å²) in [6, 6.07) is 13.3. The van der Waals surface area contributed by atoms with Crippen LogP contribution in [0.4, 0.5) is 13.2 Å². The SMILES string of the molecule is Cc1cccc(COc2cc[n+](CC(=O)c3ccc(C(F)(F)F)cc3)cc2)n1. The molecule has 7 heteroatoms. The van der Waals surface area contributed by atoms with E-state index < -0.39 is 11.7 Å². The number of nitrogens with zero attached hydrogens (tertiary/aromatic N) is 2. The second-order valence-electron chi connectivity index (χ2n) is 6.26. The Labute approximate surface area is 160 Å². The van der Waals surface area contributed by atoms with E-state index in [1.165, 1.54) is 12.1 Å². The van der Waals surface area contributed by atoms with E-state index in [9.17, 15) is 18.0 Å². The molecule has 1 aromatic carbocycles. The maximum Gasteiger partial charge on any atom is 0.416 e. The van der Waals surface area contributed by atoms with Crippen LogP contribution < -0.4 is 9.30 Å². The number of hydrogen-bond donors (Lipinski definition) is 0. The highest BCUT2D eigenvalue weighted by Crippen LogP contribution is 2.29. The maximum atomic E-state index is 12.6. The number of rotatable bonds is 6. The van der Waals surface area contributed by atoms with E-state index in [0.29, 0.717) is 12.4 Å². The van der Waals surface area contributed by atoms with Crippen molar-refractivity contribution >= 4 is 5.78 Å². The Morgan fingerprint density at radius 2 is 1.71 bits per heavy atom. The topological polar surface area (TPSA) is 43.1 Å². The number of pyridine rings is 2. The second kappa shape index (κ2) is 8.21. The Morgan fingerprint density at radius 1 is 1.04 bits per heavy atom. The van der Waals surface area contributed by atoms with Crippen molar-refractivity contribution in [2.24, 2.45) is 0 Å². The average molecular weight is 387 g/mol. The van der Waals surface area contributed by atoms with Crippen molar-refractivity contribution in [3.8, 4) is 5.75 Å². The van der Waals surface area contributed by atoms with Crippen LogP contribution in [-0.2, 0) is 19.3 Å². The molecule has 0 fully saturated rings. The summed E-state index contributed by atoms with van der Waals surface area (Å²) in [5.41, 5.74) is 1.18. The number of aromatic nitrogens is 2. The molecule has 0 N–H and O–H groups in total. The lowest BCUT2D eigenvalue weighted by atomic mass is 10.1. The lowest BCUT2D eigenvalue weighted by Crippen LogP contribution is -2.37. The van der Waals surface area contributed by atoms with Crippen LogP contribution in [0, 0.1) is 6.92 Å². The molecule has 0 radical (unpaired) electrons. The van der Waals surface area contributed by atoms with Crippen LogP contribution in [0.2, 0.25) is 0 Å². The minimum atomic E-state index is -4.42. The zero-order valence-electron chi connectivity index (χ0n) is 15.1. The van der Waals surface area contributed by atoms with Crippen molar-refractivity contribution in [3.63, 3.8) is 0 Å². The molecule has 0 spiro atoms. The quantitative estimate of drug-likeness (QED) is 0.471. The first-order valence-corrected chi connectivity index (χ1v) is 8.56. The number of benzene rings is 1. The molecule has 0 saturated carbocycles. The van der Waals surface area contributed by atoms with E-state index in [1.54, 1.807) is 29.1 Å².